The Labute approximate surface area is 167 Å². The highest BCUT2D eigenvalue weighted by molar-refractivity contribution is 8.45. The molecule has 30 heavy (non-hydrogen) atoms. The molecule has 0 saturated carbocycles. The van der Waals surface area contributed by atoms with Gasteiger partial charge in [0.2, 0.25) is 0 Å². The Hall–Kier alpha value is -3.38. The van der Waals surface area contributed by atoms with Gasteiger partial charge in [-0.1, -0.05) is 19.4 Å². The Bertz CT molecular complexity index is 1080. The van der Waals surface area contributed by atoms with Gasteiger partial charge in [-0.25, -0.2) is 4.39 Å². The van der Waals surface area contributed by atoms with Crippen molar-refractivity contribution in [2.45, 2.75) is 17.4 Å². The van der Waals surface area contributed by atoms with E-state index in [1.807, 2.05) is 0 Å². The van der Waals surface area contributed by atoms with Gasteiger partial charge in [-0.3, -0.25) is 4.79 Å². The summed E-state index contributed by atoms with van der Waals surface area (Å²) in [5, 5.41) is 20.5. The quantitative estimate of drug-likeness (QED) is 0.595. The molecule has 0 bridgehead atoms. The van der Waals surface area contributed by atoms with Crippen LogP contribution in [-0.4, -0.2) is 18.1 Å². The highest BCUT2D eigenvalue weighted by Crippen LogP contribution is 3.02. The number of benzene rings is 2. The average molecular weight is 449 g/mol. The van der Waals surface area contributed by atoms with Crippen molar-refractivity contribution in [2.75, 3.05) is 6.61 Å². The van der Waals surface area contributed by atoms with Crippen molar-refractivity contribution in [3.05, 3.63) is 59.4 Å². The number of rotatable bonds is 6. The lowest BCUT2D eigenvalue weighted by atomic mass is 10.0. The van der Waals surface area contributed by atoms with Gasteiger partial charge in [0, 0.05) is 5.56 Å². The molecule has 5 nitrogen and oxygen atoms in total. The van der Waals surface area contributed by atoms with E-state index in [4.69, 9.17) is 10.00 Å². The molecule has 0 spiro atoms. The second-order valence-corrected chi connectivity index (χ2v) is 8.84. The van der Waals surface area contributed by atoms with Gasteiger partial charge in [0.15, 0.2) is 5.54 Å². The Morgan fingerprint density at radius 3 is 2.20 bits per heavy atom. The van der Waals surface area contributed by atoms with E-state index >= 15 is 0 Å². The first kappa shape index (κ1) is 22.9. The molecule has 1 unspecified atom stereocenters. The van der Waals surface area contributed by atoms with Crippen LogP contribution in [0.4, 0.5) is 23.8 Å². The maximum atomic E-state index is 13.2. The average Bonchev–Trinajstić information content (AvgIpc) is 2.65. The molecule has 0 aliphatic rings. The summed E-state index contributed by atoms with van der Waals surface area (Å²) in [6, 6.07) is 7.75. The van der Waals surface area contributed by atoms with Crippen LogP contribution in [0.25, 0.3) is 0 Å². The number of hydrogen-bond donors (Lipinski definition) is 1. The Balaban J connectivity index is 2.16. The summed E-state index contributed by atoms with van der Waals surface area (Å²) in [5.41, 5.74) is -2.27. The van der Waals surface area contributed by atoms with E-state index in [1.165, 1.54) is 6.92 Å². The highest BCUT2D eigenvalue weighted by atomic mass is 32.5. The monoisotopic (exact) mass is 449 g/mol. The molecule has 2 aromatic carbocycles. The van der Waals surface area contributed by atoms with E-state index in [0.29, 0.717) is 12.1 Å². The molecule has 12 heteroatoms. The Morgan fingerprint density at radius 1 is 1.10 bits per heavy atom. The molecule has 2 aromatic rings. The smallest absolute Gasteiger partial charge is 0.310 e. The topological polar surface area (TPSA) is 85.9 Å². The van der Waals surface area contributed by atoms with Crippen LogP contribution in [0.5, 0.6) is 5.75 Å². The first-order valence-electron chi connectivity index (χ1n) is 7.97. The van der Waals surface area contributed by atoms with Crippen LogP contribution in [0, 0.1) is 28.5 Å². The molecule has 0 aliphatic carbocycles. The van der Waals surface area contributed by atoms with Crippen molar-refractivity contribution in [2.24, 2.45) is 0 Å². The van der Waals surface area contributed by atoms with Crippen molar-refractivity contribution >= 4 is 16.1 Å². The number of amides is 1. The minimum absolute atomic E-state index is 0.0603. The zero-order chi connectivity index (χ0) is 22.9. The summed E-state index contributed by atoms with van der Waals surface area (Å²) >= 11 is 0. The molecule has 0 radical (unpaired) electrons. The zero-order valence-corrected chi connectivity index (χ0v) is 16.0. The number of carbonyl (C=O) groups is 1. The first-order chi connectivity index (χ1) is 13.6. The molecule has 1 atom stereocenters. The molecular formula is C18H13F6N3O2S. The number of carbonyl (C=O) groups excluding carboxylic acids is 1. The standard InChI is InChI=1S/C18H13F6N3O2S/c1-18(10-26,11-29-16-7-4-14(19)8-13(16)9-25)27-17(28)12-2-5-15(6-3-12)30(20,21,22,23)24/h2-8H,11H2,1H3,(H,27,28). The van der Waals surface area contributed by atoms with Crippen LogP contribution in [0.1, 0.15) is 22.8 Å². The van der Waals surface area contributed by atoms with Crippen LogP contribution in [0.3, 0.4) is 0 Å². The van der Waals surface area contributed by atoms with Gasteiger partial charge in [0.05, 0.1) is 11.6 Å². The molecule has 0 saturated heterocycles. The van der Waals surface area contributed by atoms with Gasteiger partial charge < -0.3 is 10.1 Å². The predicted octanol–water partition coefficient (Wildman–Crippen LogP) is 5.45. The Kier molecular flexibility index (Phi) is 5.23. The lowest BCUT2D eigenvalue weighted by molar-refractivity contribution is 0.0901. The van der Waals surface area contributed by atoms with Crippen LogP contribution >= 0.6 is 10.2 Å². The third-order valence-corrected chi connectivity index (χ3v) is 4.94. The molecule has 1 amide bonds. The van der Waals surface area contributed by atoms with E-state index in [0.717, 1.165) is 18.2 Å². The van der Waals surface area contributed by atoms with Crippen LogP contribution < -0.4 is 10.1 Å². The maximum absolute atomic E-state index is 13.2. The summed E-state index contributed by atoms with van der Waals surface area (Å²) in [6.07, 6.45) is 0. The zero-order valence-electron chi connectivity index (χ0n) is 15.1. The van der Waals surface area contributed by atoms with E-state index in [1.54, 1.807) is 12.1 Å². The van der Waals surface area contributed by atoms with Crippen LogP contribution in [0.2, 0.25) is 0 Å². The van der Waals surface area contributed by atoms with Crippen molar-refractivity contribution in [3.63, 3.8) is 0 Å². The Morgan fingerprint density at radius 2 is 1.70 bits per heavy atom. The molecule has 0 aromatic heterocycles. The molecule has 160 valence electrons. The number of hydrogen-bond acceptors (Lipinski definition) is 4. The summed E-state index contributed by atoms with van der Waals surface area (Å²) in [5.74, 6) is -1.77. The number of nitrogens with zero attached hydrogens (tertiary/aromatic N) is 2. The lowest BCUT2D eigenvalue weighted by Gasteiger charge is -2.40. The fourth-order valence-corrected chi connectivity index (χ4v) is 2.87. The van der Waals surface area contributed by atoms with Crippen molar-refractivity contribution in [1.29, 1.82) is 10.5 Å². The molecule has 0 heterocycles. The highest BCUT2D eigenvalue weighted by Gasteiger charge is 2.65. The third kappa shape index (κ3) is 5.58. The summed E-state index contributed by atoms with van der Waals surface area (Å²) < 4.78 is 82.2. The first-order valence-corrected chi connectivity index (χ1v) is 9.92. The minimum Gasteiger partial charge on any atom is -0.489 e. The number of nitrogens with one attached hydrogen (secondary N) is 1. The van der Waals surface area contributed by atoms with E-state index < -0.39 is 44.6 Å². The predicted molar refractivity (Wildman–Crippen MR) is 95.9 cm³/mol. The number of halogens is 6. The van der Waals surface area contributed by atoms with Crippen molar-refractivity contribution in [1.82, 2.24) is 5.32 Å². The van der Waals surface area contributed by atoms with Crippen LogP contribution in [-0.2, 0) is 0 Å². The largest absolute Gasteiger partial charge is 0.489 e. The molecular weight excluding hydrogens is 436 g/mol. The summed E-state index contributed by atoms with van der Waals surface area (Å²) in [6.45, 7) is 0.725. The SMILES string of the molecule is CC(C#N)(COc1ccc(F)cc1C#N)NC(=O)c1ccc(S(F)(F)(F)(F)F)cc1. The normalized spacial score (nSPS) is 15.5. The minimum atomic E-state index is -9.87. The molecule has 1 N–H and O–H groups in total. The van der Waals surface area contributed by atoms with Gasteiger partial charge in [0.25, 0.3) is 5.91 Å². The summed E-state index contributed by atoms with van der Waals surface area (Å²) in [7, 11) is -9.87. The van der Waals surface area contributed by atoms with Gasteiger partial charge in [-0.2, -0.15) is 10.5 Å². The van der Waals surface area contributed by atoms with Gasteiger partial charge >= 0.3 is 10.2 Å². The van der Waals surface area contributed by atoms with Gasteiger partial charge in [0.1, 0.15) is 29.1 Å². The second kappa shape index (κ2) is 6.85. The van der Waals surface area contributed by atoms with Crippen molar-refractivity contribution in [3.8, 4) is 17.9 Å². The third-order valence-electron chi connectivity index (χ3n) is 3.78. The lowest BCUT2D eigenvalue weighted by Crippen LogP contribution is -2.49. The van der Waals surface area contributed by atoms with E-state index in [2.05, 4.69) is 5.32 Å². The van der Waals surface area contributed by atoms with Crippen molar-refractivity contribution < 1.29 is 33.4 Å². The summed E-state index contributed by atoms with van der Waals surface area (Å²) in [4.78, 5) is 10.1. The van der Waals surface area contributed by atoms with Gasteiger partial charge in [-0.15, -0.1) is 0 Å². The second-order valence-electron chi connectivity index (χ2n) is 6.43. The fraction of sp³-hybridized carbons (Fsp3) is 0.167. The van der Waals surface area contributed by atoms with E-state index in [-0.39, 0.29) is 23.4 Å². The maximum Gasteiger partial charge on any atom is 0.310 e. The molecule has 0 aliphatic heterocycles. The fourth-order valence-electron chi connectivity index (χ4n) is 2.22. The molecule has 2 rings (SSSR count). The molecule has 0 fully saturated rings. The number of ether oxygens (including phenoxy) is 1. The van der Waals surface area contributed by atoms with Crippen LogP contribution in [0.15, 0.2) is 47.4 Å². The van der Waals surface area contributed by atoms with Gasteiger partial charge in [-0.05, 0) is 49.4 Å². The van der Waals surface area contributed by atoms with E-state index in [9.17, 15) is 33.9 Å². The number of nitriles is 2.